The van der Waals surface area contributed by atoms with E-state index in [9.17, 15) is 4.79 Å². The van der Waals surface area contributed by atoms with Gasteiger partial charge in [0.1, 0.15) is 11.9 Å². The van der Waals surface area contributed by atoms with Crippen LogP contribution in [-0.2, 0) is 4.79 Å². The third-order valence-corrected chi connectivity index (χ3v) is 6.38. The van der Waals surface area contributed by atoms with Gasteiger partial charge in [-0.05, 0) is 59.4 Å². The normalized spacial score (nSPS) is 22.0. The average Bonchev–Trinajstić information content (AvgIpc) is 3.33. The second-order valence-corrected chi connectivity index (χ2v) is 8.09. The molecule has 124 valence electrons. The highest BCUT2D eigenvalue weighted by Gasteiger charge is 2.39. The van der Waals surface area contributed by atoms with Crippen LogP contribution in [0.4, 0.5) is 0 Å². The summed E-state index contributed by atoms with van der Waals surface area (Å²) in [5, 5.41) is 5.86. The van der Waals surface area contributed by atoms with E-state index in [1.807, 2.05) is 6.07 Å². The Kier molecular flexibility index (Phi) is 4.48. The van der Waals surface area contributed by atoms with E-state index in [0.29, 0.717) is 0 Å². The number of hydrogen-bond donors (Lipinski definition) is 1. The van der Waals surface area contributed by atoms with Gasteiger partial charge in [0, 0.05) is 9.75 Å². The molecule has 3 heterocycles. The summed E-state index contributed by atoms with van der Waals surface area (Å²) in [5.74, 6) is -0.0979. The van der Waals surface area contributed by atoms with Gasteiger partial charge in [-0.1, -0.05) is 12.1 Å². The maximum atomic E-state index is 12.4. The van der Waals surface area contributed by atoms with Crippen LogP contribution in [0.3, 0.4) is 0 Å². The number of allylic oxidation sites excluding steroid dienone is 1. The number of hydrazine groups is 1. The zero-order valence-electron chi connectivity index (χ0n) is 13.0. The molecule has 2 aromatic rings. The van der Waals surface area contributed by atoms with Crippen molar-refractivity contribution in [3.63, 3.8) is 0 Å². The van der Waals surface area contributed by atoms with Gasteiger partial charge in [-0.3, -0.25) is 10.2 Å². The predicted octanol–water partition coefficient (Wildman–Crippen LogP) is 4.96. The van der Waals surface area contributed by atoms with Crippen LogP contribution < -0.4 is 5.43 Å². The van der Waals surface area contributed by atoms with Gasteiger partial charge in [0.2, 0.25) is 0 Å². The molecule has 1 N–H and O–H groups in total. The predicted molar refractivity (Wildman–Crippen MR) is 101 cm³/mol. The topological polar surface area (TPSA) is 32.3 Å². The van der Waals surface area contributed by atoms with E-state index in [0.717, 1.165) is 25.0 Å². The standard InChI is InChI=1S/C18H17ClN2OS2/c19-11-16(22)21-18(15-7-3-9-24-15)14-6-1-4-12(17(14)20-21)10-13-5-2-8-23-13/h2-3,5,7-10,18,20H,1,4,6,11H2/b12-10-/t18-/m0/s1. The van der Waals surface area contributed by atoms with Crippen molar-refractivity contribution >= 4 is 46.3 Å². The summed E-state index contributed by atoms with van der Waals surface area (Å²) < 4.78 is 0. The molecular weight excluding hydrogens is 360 g/mol. The summed E-state index contributed by atoms with van der Waals surface area (Å²) in [5.41, 5.74) is 7.08. The summed E-state index contributed by atoms with van der Waals surface area (Å²) in [6.07, 6.45) is 5.40. The molecule has 0 radical (unpaired) electrons. The van der Waals surface area contributed by atoms with Crippen molar-refractivity contribution in [3.8, 4) is 0 Å². The van der Waals surface area contributed by atoms with Gasteiger partial charge < -0.3 is 0 Å². The van der Waals surface area contributed by atoms with E-state index in [2.05, 4.69) is 40.5 Å². The molecule has 0 bridgehead atoms. The van der Waals surface area contributed by atoms with Crippen LogP contribution in [0.1, 0.15) is 35.1 Å². The van der Waals surface area contributed by atoms with Gasteiger partial charge in [-0.15, -0.1) is 34.3 Å². The fourth-order valence-electron chi connectivity index (χ4n) is 3.39. The van der Waals surface area contributed by atoms with Crippen LogP contribution in [0.15, 0.2) is 51.9 Å². The average molecular weight is 377 g/mol. The van der Waals surface area contributed by atoms with Crippen LogP contribution in [0.2, 0.25) is 0 Å². The maximum absolute atomic E-state index is 12.4. The first kappa shape index (κ1) is 15.9. The molecule has 0 unspecified atom stereocenters. The lowest BCUT2D eigenvalue weighted by Gasteiger charge is -2.25. The van der Waals surface area contributed by atoms with Gasteiger partial charge in [0.05, 0.1) is 5.70 Å². The molecule has 24 heavy (non-hydrogen) atoms. The maximum Gasteiger partial charge on any atom is 0.256 e. The molecule has 0 saturated heterocycles. The van der Waals surface area contributed by atoms with E-state index in [1.165, 1.54) is 20.9 Å². The van der Waals surface area contributed by atoms with E-state index in [4.69, 9.17) is 11.6 Å². The lowest BCUT2D eigenvalue weighted by molar-refractivity contribution is -0.132. The number of nitrogens with zero attached hydrogens (tertiary/aromatic N) is 1. The number of halogens is 1. The number of carbonyl (C=O) groups is 1. The first-order chi connectivity index (χ1) is 11.8. The molecule has 0 fully saturated rings. The van der Waals surface area contributed by atoms with Crippen molar-refractivity contribution in [1.29, 1.82) is 0 Å². The van der Waals surface area contributed by atoms with E-state index in [1.54, 1.807) is 27.7 Å². The third kappa shape index (κ3) is 2.81. The van der Waals surface area contributed by atoms with Gasteiger partial charge in [-0.2, -0.15) is 0 Å². The largest absolute Gasteiger partial charge is 0.295 e. The van der Waals surface area contributed by atoms with Crippen LogP contribution in [0.25, 0.3) is 6.08 Å². The van der Waals surface area contributed by atoms with Crippen molar-refractivity contribution in [2.24, 2.45) is 0 Å². The van der Waals surface area contributed by atoms with Crippen molar-refractivity contribution in [2.45, 2.75) is 25.3 Å². The molecule has 1 amide bonds. The smallest absolute Gasteiger partial charge is 0.256 e. The quantitative estimate of drug-likeness (QED) is 0.768. The lowest BCUT2D eigenvalue weighted by atomic mass is 9.88. The van der Waals surface area contributed by atoms with E-state index in [-0.39, 0.29) is 17.8 Å². The molecule has 0 aromatic carbocycles. The number of alkyl halides is 1. The highest BCUT2D eigenvalue weighted by Crippen LogP contribution is 2.45. The Hall–Kier alpha value is -1.56. The molecule has 0 spiro atoms. The lowest BCUT2D eigenvalue weighted by Crippen LogP contribution is -2.40. The second kappa shape index (κ2) is 6.75. The number of nitrogens with one attached hydrogen (secondary N) is 1. The van der Waals surface area contributed by atoms with Crippen LogP contribution in [-0.4, -0.2) is 16.8 Å². The Morgan fingerprint density at radius 2 is 2.12 bits per heavy atom. The van der Waals surface area contributed by atoms with Crippen LogP contribution >= 0.6 is 34.3 Å². The molecular formula is C18H17ClN2OS2. The highest BCUT2D eigenvalue weighted by molar-refractivity contribution is 7.10. The molecule has 1 aliphatic carbocycles. The Labute approximate surface area is 154 Å². The molecule has 0 saturated carbocycles. The summed E-state index contributed by atoms with van der Waals surface area (Å²) >= 11 is 9.27. The number of thiophene rings is 2. The monoisotopic (exact) mass is 376 g/mol. The summed E-state index contributed by atoms with van der Waals surface area (Å²) in [4.78, 5) is 14.8. The van der Waals surface area contributed by atoms with Crippen LogP contribution in [0.5, 0.6) is 0 Å². The molecule has 1 aliphatic heterocycles. The van der Waals surface area contributed by atoms with Gasteiger partial charge in [0.25, 0.3) is 5.91 Å². The zero-order chi connectivity index (χ0) is 16.5. The van der Waals surface area contributed by atoms with Crippen molar-refractivity contribution < 1.29 is 4.79 Å². The minimum Gasteiger partial charge on any atom is -0.295 e. The summed E-state index contributed by atoms with van der Waals surface area (Å²) in [6, 6.07) is 8.29. The third-order valence-electron chi connectivity index (χ3n) is 4.41. The minimum absolute atomic E-state index is 0.0145. The fourth-order valence-corrected chi connectivity index (χ4v) is 5.05. The molecule has 6 heteroatoms. The number of rotatable bonds is 3. The highest BCUT2D eigenvalue weighted by atomic mass is 35.5. The first-order valence-corrected chi connectivity index (χ1v) is 10.2. The van der Waals surface area contributed by atoms with Gasteiger partial charge in [0.15, 0.2) is 0 Å². The first-order valence-electron chi connectivity index (χ1n) is 7.93. The summed E-state index contributed by atoms with van der Waals surface area (Å²) in [7, 11) is 0. The second-order valence-electron chi connectivity index (χ2n) is 5.87. The number of amides is 1. The Bertz CT molecular complexity index is 793. The molecule has 2 aliphatic rings. The van der Waals surface area contributed by atoms with Crippen molar-refractivity contribution in [2.75, 3.05) is 5.88 Å². The fraction of sp³-hybridized carbons (Fsp3) is 0.278. The number of hydrogen-bond acceptors (Lipinski definition) is 4. The molecule has 4 rings (SSSR count). The SMILES string of the molecule is O=C(CCl)N1NC2=C(CCC/C2=C/c2cccs2)[C@H]1c1cccs1. The molecule has 1 atom stereocenters. The molecule has 3 nitrogen and oxygen atoms in total. The van der Waals surface area contributed by atoms with Crippen LogP contribution in [0, 0.1) is 0 Å². The Morgan fingerprint density at radius 1 is 1.29 bits per heavy atom. The molecule has 2 aromatic heterocycles. The van der Waals surface area contributed by atoms with E-state index >= 15 is 0 Å². The van der Waals surface area contributed by atoms with Crippen molar-refractivity contribution in [3.05, 3.63) is 61.6 Å². The van der Waals surface area contributed by atoms with Gasteiger partial charge >= 0.3 is 0 Å². The Balaban J connectivity index is 1.76. The number of carbonyl (C=O) groups excluding carboxylic acids is 1. The minimum atomic E-state index is -0.0834. The zero-order valence-corrected chi connectivity index (χ0v) is 15.4. The Morgan fingerprint density at radius 3 is 2.83 bits per heavy atom. The van der Waals surface area contributed by atoms with Gasteiger partial charge in [-0.25, -0.2) is 5.01 Å². The van der Waals surface area contributed by atoms with E-state index < -0.39 is 0 Å². The van der Waals surface area contributed by atoms with Crippen molar-refractivity contribution in [1.82, 2.24) is 10.4 Å². The summed E-state index contributed by atoms with van der Waals surface area (Å²) in [6.45, 7) is 0.